The summed E-state index contributed by atoms with van der Waals surface area (Å²) in [5.74, 6) is -0.900. The van der Waals surface area contributed by atoms with E-state index < -0.39 is 18.4 Å². The number of Topliss-reactive ketones (excluding diaryl/α,β-unsaturated/α-hetero) is 1. The Bertz CT molecular complexity index is 382. The van der Waals surface area contributed by atoms with Gasteiger partial charge >= 0.3 is 6.18 Å². The number of benzene rings is 1. The molecular weight excluding hydrogens is 245 g/mol. The lowest BCUT2D eigenvalue weighted by Crippen LogP contribution is -2.22. The summed E-state index contributed by atoms with van der Waals surface area (Å²) in [5.41, 5.74) is 1.02. The molecule has 0 bridgehead atoms. The zero-order valence-electron chi connectivity index (χ0n) is 10.1. The Morgan fingerprint density at radius 3 is 2.28 bits per heavy atom. The molecule has 0 aromatic heterocycles. The van der Waals surface area contributed by atoms with E-state index in [0.717, 1.165) is 11.3 Å². The molecule has 100 valence electrons. The maximum atomic E-state index is 11.9. The largest absolute Gasteiger partial charge is 0.497 e. The summed E-state index contributed by atoms with van der Waals surface area (Å²) >= 11 is 0. The van der Waals surface area contributed by atoms with Gasteiger partial charge in [-0.2, -0.15) is 13.2 Å². The highest BCUT2D eigenvalue weighted by atomic mass is 19.4. The van der Waals surface area contributed by atoms with Crippen LogP contribution in [0, 0.1) is 0 Å². The number of rotatable bonds is 6. The molecule has 0 aliphatic carbocycles. The van der Waals surface area contributed by atoms with Crippen LogP contribution >= 0.6 is 0 Å². The third kappa shape index (κ3) is 4.77. The Hall–Kier alpha value is -1.52. The van der Waals surface area contributed by atoms with Crippen molar-refractivity contribution in [3.63, 3.8) is 0 Å². The molecule has 1 rings (SSSR count). The summed E-state index contributed by atoms with van der Waals surface area (Å²) in [5, 5.41) is 0. The zero-order valence-corrected chi connectivity index (χ0v) is 10.1. The smallest absolute Gasteiger partial charge is 0.449 e. The van der Waals surface area contributed by atoms with Crippen molar-refractivity contribution in [2.75, 3.05) is 7.11 Å². The van der Waals surface area contributed by atoms with Crippen molar-refractivity contribution >= 4 is 5.78 Å². The number of carbonyl (C=O) groups is 1. The van der Waals surface area contributed by atoms with Gasteiger partial charge in [-0.25, -0.2) is 0 Å². The predicted molar refractivity (Wildman–Crippen MR) is 61.6 cm³/mol. The molecular formula is C13H15F3O2. The van der Waals surface area contributed by atoms with E-state index in [0.29, 0.717) is 12.8 Å². The second-order valence-electron chi connectivity index (χ2n) is 3.98. The van der Waals surface area contributed by atoms with Crippen molar-refractivity contribution in [1.29, 1.82) is 0 Å². The highest BCUT2D eigenvalue weighted by molar-refractivity contribution is 5.83. The lowest BCUT2D eigenvalue weighted by atomic mass is 10.1. The molecule has 0 heterocycles. The fourth-order valence-corrected chi connectivity index (χ4v) is 1.55. The molecule has 5 heteroatoms. The van der Waals surface area contributed by atoms with Crippen molar-refractivity contribution in [3.8, 4) is 5.75 Å². The number of hydrogen-bond donors (Lipinski definition) is 0. The van der Waals surface area contributed by atoms with Gasteiger partial charge in [0.25, 0.3) is 0 Å². The van der Waals surface area contributed by atoms with E-state index in [1.165, 1.54) is 0 Å². The monoisotopic (exact) mass is 260 g/mol. The molecule has 1 aromatic rings. The Balaban J connectivity index is 2.27. The van der Waals surface area contributed by atoms with Gasteiger partial charge in [-0.1, -0.05) is 12.1 Å². The van der Waals surface area contributed by atoms with E-state index in [-0.39, 0.29) is 6.42 Å². The third-order valence-electron chi connectivity index (χ3n) is 2.59. The fourth-order valence-electron chi connectivity index (χ4n) is 1.55. The topological polar surface area (TPSA) is 26.3 Å². The van der Waals surface area contributed by atoms with E-state index in [1.54, 1.807) is 19.2 Å². The summed E-state index contributed by atoms with van der Waals surface area (Å²) in [4.78, 5) is 10.6. The molecule has 0 fully saturated rings. The average molecular weight is 260 g/mol. The number of carbonyl (C=O) groups excluding carboxylic acids is 1. The van der Waals surface area contributed by atoms with Gasteiger partial charge in [0.15, 0.2) is 0 Å². The Morgan fingerprint density at radius 1 is 1.17 bits per heavy atom. The summed E-state index contributed by atoms with van der Waals surface area (Å²) in [6.07, 6.45) is -3.65. The lowest BCUT2D eigenvalue weighted by molar-refractivity contribution is -0.171. The van der Waals surface area contributed by atoms with Crippen LogP contribution in [-0.2, 0) is 11.2 Å². The number of alkyl halides is 3. The number of ketones is 1. The Kier molecular flexibility index (Phi) is 5.19. The van der Waals surface area contributed by atoms with Crippen LogP contribution in [0.25, 0.3) is 0 Å². The minimum absolute atomic E-state index is 0.254. The summed E-state index contributed by atoms with van der Waals surface area (Å²) in [6, 6.07) is 7.33. The van der Waals surface area contributed by atoms with Crippen LogP contribution in [0.5, 0.6) is 5.75 Å². The molecule has 0 N–H and O–H groups in total. The van der Waals surface area contributed by atoms with Gasteiger partial charge in [0.2, 0.25) is 5.78 Å². The number of unbranched alkanes of at least 4 members (excludes halogenated alkanes) is 1. The molecule has 18 heavy (non-hydrogen) atoms. The van der Waals surface area contributed by atoms with Gasteiger partial charge in [-0.05, 0) is 37.0 Å². The molecule has 0 unspecified atom stereocenters. The second-order valence-corrected chi connectivity index (χ2v) is 3.98. The van der Waals surface area contributed by atoms with Crippen LogP contribution < -0.4 is 4.74 Å². The predicted octanol–water partition coefficient (Wildman–Crippen LogP) is 3.54. The lowest BCUT2D eigenvalue weighted by Gasteiger charge is -2.05. The van der Waals surface area contributed by atoms with Crippen molar-refractivity contribution in [3.05, 3.63) is 29.8 Å². The molecule has 0 amide bonds. The highest BCUT2D eigenvalue weighted by Gasteiger charge is 2.36. The van der Waals surface area contributed by atoms with E-state index in [4.69, 9.17) is 4.74 Å². The molecule has 0 saturated heterocycles. The Morgan fingerprint density at radius 2 is 1.78 bits per heavy atom. The quantitative estimate of drug-likeness (QED) is 0.731. The molecule has 0 radical (unpaired) electrons. The van der Waals surface area contributed by atoms with Crippen molar-refractivity contribution in [2.45, 2.75) is 31.9 Å². The molecule has 0 spiro atoms. The normalized spacial score (nSPS) is 11.3. The van der Waals surface area contributed by atoms with Crippen molar-refractivity contribution in [1.82, 2.24) is 0 Å². The first-order valence-electron chi connectivity index (χ1n) is 5.66. The summed E-state index contributed by atoms with van der Waals surface area (Å²) < 4.78 is 40.8. The Labute approximate surface area is 104 Å². The summed E-state index contributed by atoms with van der Waals surface area (Å²) in [6.45, 7) is 0. The van der Waals surface area contributed by atoms with E-state index >= 15 is 0 Å². The van der Waals surface area contributed by atoms with Crippen molar-refractivity contribution < 1.29 is 22.7 Å². The van der Waals surface area contributed by atoms with E-state index in [9.17, 15) is 18.0 Å². The SMILES string of the molecule is COc1ccc(CCCCC(=O)C(F)(F)F)cc1. The van der Waals surface area contributed by atoms with E-state index in [1.807, 2.05) is 12.1 Å². The number of ether oxygens (including phenoxy) is 1. The van der Waals surface area contributed by atoms with Crippen LogP contribution in [0.3, 0.4) is 0 Å². The number of methoxy groups -OCH3 is 1. The zero-order chi connectivity index (χ0) is 13.6. The van der Waals surface area contributed by atoms with Crippen molar-refractivity contribution in [2.24, 2.45) is 0 Å². The third-order valence-corrected chi connectivity index (χ3v) is 2.59. The van der Waals surface area contributed by atoms with Gasteiger partial charge in [0, 0.05) is 6.42 Å². The number of aryl methyl sites for hydroxylation is 1. The summed E-state index contributed by atoms with van der Waals surface area (Å²) in [7, 11) is 1.57. The molecule has 0 saturated carbocycles. The van der Waals surface area contributed by atoms with Gasteiger partial charge in [0.05, 0.1) is 7.11 Å². The van der Waals surface area contributed by atoms with Crippen LogP contribution in [-0.4, -0.2) is 19.1 Å². The first-order valence-corrected chi connectivity index (χ1v) is 5.66. The van der Waals surface area contributed by atoms with Crippen LogP contribution in [0.2, 0.25) is 0 Å². The maximum absolute atomic E-state index is 11.9. The molecule has 0 aliphatic rings. The van der Waals surface area contributed by atoms with Gasteiger partial charge < -0.3 is 4.74 Å². The highest BCUT2D eigenvalue weighted by Crippen LogP contribution is 2.20. The molecule has 0 aliphatic heterocycles. The number of halogens is 3. The van der Waals surface area contributed by atoms with Crippen LogP contribution in [0.1, 0.15) is 24.8 Å². The van der Waals surface area contributed by atoms with Crippen LogP contribution in [0.15, 0.2) is 24.3 Å². The molecule has 0 atom stereocenters. The minimum atomic E-state index is -4.69. The number of hydrogen-bond acceptors (Lipinski definition) is 2. The molecule has 2 nitrogen and oxygen atoms in total. The van der Waals surface area contributed by atoms with Crippen LogP contribution in [0.4, 0.5) is 13.2 Å². The standard InChI is InChI=1S/C13H15F3O2/c1-18-11-8-6-10(7-9-11)4-2-3-5-12(17)13(14,15)16/h6-9H,2-5H2,1H3. The van der Waals surface area contributed by atoms with Gasteiger partial charge in [-0.15, -0.1) is 0 Å². The molecule has 1 aromatic carbocycles. The van der Waals surface area contributed by atoms with Gasteiger partial charge in [-0.3, -0.25) is 4.79 Å². The first kappa shape index (κ1) is 14.5. The van der Waals surface area contributed by atoms with E-state index in [2.05, 4.69) is 0 Å². The first-order chi connectivity index (χ1) is 8.43. The minimum Gasteiger partial charge on any atom is -0.497 e. The average Bonchev–Trinajstić information content (AvgIpc) is 2.34. The maximum Gasteiger partial charge on any atom is 0.449 e. The van der Waals surface area contributed by atoms with Gasteiger partial charge in [0.1, 0.15) is 5.75 Å². The second kappa shape index (κ2) is 6.42. The fraction of sp³-hybridized carbons (Fsp3) is 0.462.